The molecular formula is C12H18N2O. The molecule has 0 fully saturated rings. The van der Waals surface area contributed by atoms with Crippen LogP contribution < -0.4 is 10.7 Å². The van der Waals surface area contributed by atoms with Gasteiger partial charge >= 0.3 is 0 Å². The largest absolute Gasteiger partial charge is 0.382 e. The van der Waals surface area contributed by atoms with E-state index in [1.54, 1.807) is 12.1 Å². The standard InChI is InChI=1S/C12H18N2O/c1-14(2)10-6-9-13-11-7-4-3-5-8-12(11)15/h3-5,7-8H,6,9-10H2,1-2H3,(H,13,15). The molecule has 3 nitrogen and oxygen atoms in total. The van der Waals surface area contributed by atoms with Crippen LogP contribution >= 0.6 is 0 Å². The van der Waals surface area contributed by atoms with E-state index in [4.69, 9.17) is 0 Å². The fourth-order valence-corrected chi connectivity index (χ4v) is 1.30. The van der Waals surface area contributed by atoms with Gasteiger partial charge in [-0.15, -0.1) is 0 Å². The Labute approximate surface area is 90.7 Å². The maximum absolute atomic E-state index is 11.5. The van der Waals surface area contributed by atoms with E-state index in [1.807, 2.05) is 32.3 Å². The van der Waals surface area contributed by atoms with Gasteiger partial charge in [-0.3, -0.25) is 4.79 Å². The molecule has 0 aliphatic carbocycles. The third-order valence-electron chi connectivity index (χ3n) is 2.10. The second-order valence-corrected chi connectivity index (χ2v) is 3.77. The van der Waals surface area contributed by atoms with Crippen molar-refractivity contribution in [1.29, 1.82) is 0 Å². The summed E-state index contributed by atoms with van der Waals surface area (Å²) in [5.41, 5.74) is 0.726. The minimum atomic E-state index is 0.0462. The van der Waals surface area contributed by atoms with Gasteiger partial charge in [0, 0.05) is 6.54 Å². The van der Waals surface area contributed by atoms with Crippen molar-refractivity contribution in [2.45, 2.75) is 6.42 Å². The number of rotatable bonds is 5. The predicted molar refractivity (Wildman–Crippen MR) is 64.4 cm³/mol. The summed E-state index contributed by atoms with van der Waals surface area (Å²) in [4.78, 5) is 13.6. The van der Waals surface area contributed by atoms with E-state index in [9.17, 15) is 4.79 Å². The minimum absolute atomic E-state index is 0.0462. The van der Waals surface area contributed by atoms with Crippen LogP contribution in [0.15, 0.2) is 35.1 Å². The van der Waals surface area contributed by atoms with E-state index < -0.39 is 0 Å². The third-order valence-corrected chi connectivity index (χ3v) is 2.10. The fraction of sp³-hybridized carbons (Fsp3) is 0.417. The topological polar surface area (TPSA) is 32.3 Å². The first-order valence-corrected chi connectivity index (χ1v) is 5.18. The van der Waals surface area contributed by atoms with Crippen LogP contribution in [0.5, 0.6) is 0 Å². The quantitative estimate of drug-likeness (QED) is 0.739. The zero-order valence-electron chi connectivity index (χ0n) is 9.36. The number of anilines is 1. The molecule has 0 spiro atoms. The third kappa shape index (κ3) is 4.61. The molecule has 82 valence electrons. The first kappa shape index (κ1) is 11.7. The Morgan fingerprint density at radius 3 is 2.67 bits per heavy atom. The normalized spacial score (nSPS) is 10.3. The molecule has 0 unspecified atom stereocenters. The lowest BCUT2D eigenvalue weighted by Crippen LogP contribution is -2.17. The van der Waals surface area contributed by atoms with E-state index in [1.165, 1.54) is 0 Å². The molecule has 3 heteroatoms. The summed E-state index contributed by atoms with van der Waals surface area (Å²) < 4.78 is 0. The van der Waals surface area contributed by atoms with Gasteiger partial charge in [0.05, 0.1) is 5.69 Å². The molecule has 0 aromatic heterocycles. The Morgan fingerprint density at radius 2 is 1.93 bits per heavy atom. The van der Waals surface area contributed by atoms with E-state index in [-0.39, 0.29) is 5.43 Å². The average Bonchev–Trinajstić information content (AvgIpc) is 2.38. The van der Waals surface area contributed by atoms with Gasteiger partial charge in [0.15, 0.2) is 0 Å². The van der Waals surface area contributed by atoms with Crippen molar-refractivity contribution in [3.05, 3.63) is 40.6 Å². The monoisotopic (exact) mass is 206 g/mol. The highest BCUT2D eigenvalue weighted by Crippen LogP contribution is 1.97. The summed E-state index contributed by atoms with van der Waals surface area (Å²) in [7, 11) is 4.09. The molecule has 0 radical (unpaired) electrons. The summed E-state index contributed by atoms with van der Waals surface area (Å²) >= 11 is 0. The summed E-state index contributed by atoms with van der Waals surface area (Å²) in [5.74, 6) is 0. The van der Waals surface area contributed by atoms with Gasteiger partial charge in [0.2, 0.25) is 5.43 Å². The highest BCUT2D eigenvalue weighted by atomic mass is 16.1. The van der Waals surface area contributed by atoms with Crippen molar-refractivity contribution in [1.82, 2.24) is 4.90 Å². The van der Waals surface area contributed by atoms with Gasteiger partial charge in [-0.25, -0.2) is 0 Å². The number of hydrogen-bond acceptors (Lipinski definition) is 3. The van der Waals surface area contributed by atoms with Crippen LogP contribution in [-0.2, 0) is 0 Å². The van der Waals surface area contributed by atoms with Crippen molar-refractivity contribution in [2.24, 2.45) is 0 Å². The summed E-state index contributed by atoms with van der Waals surface area (Å²) in [6.07, 6.45) is 1.03. The van der Waals surface area contributed by atoms with Crippen LogP contribution in [0.25, 0.3) is 0 Å². The molecule has 0 atom stereocenters. The summed E-state index contributed by atoms with van der Waals surface area (Å²) in [5, 5.41) is 3.15. The Morgan fingerprint density at radius 1 is 1.20 bits per heavy atom. The Balaban J connectivity index is 2.45. The molecule has 0 heterocycles. The number of hydrogen-bond donors (Lipinski definition) is 1. The van der Waals surface area contributed by atoms with Gasteiger partial charge in [-0.05, 0) is 39.2 Å². The van der Waals surface area contributed by atoms with Gasteiger partial charge in [0.25, 0.3) is 0 Å². The summed E-state index contributed by atoms with van der Waals surface area (Å²) in [6.45, 7) is 1.86. The molecule has 1 aromatic carbocycles. The SMILES string of the molecule is CN(C)CCCNc1cccccc1=O. The van der Waals surface area contributed by atoms with Crippen molar-refractivity contribution < 1.29 is 0 Å². The minimum Gasteiger partial charge on any atom is -0.382 e. The van der Waals surface area contributed by atoms with Crippen LogP contribution in [0, 0.1) is 0 Å². The lowest BCUT2D eigenvalue weighted by molar-refractivity contribution is 0.405. The molecule has 0 aliphatic heterocycles. The van der Waals surface area contributed by atoms with Gasteiger partial charge in [-0.2, -0.15) is 0 Å². The zero-order chi connectivity index (χ0) is 11.1. The van der Waals surface area contributed by atoms with Gasteiger partial charge < -0.3 is 10.2 Å². The maximum Gasteiger partial charge on any atom is 0.201 e. The van der Waals surface area contributed by atoms with Crippen LogP contribution in [0.1, 0.15) is 6.42 Å². The highest BCUT2D eigenvalue weighted by molar-refractivity contribution is 5.41. The fourth-order valence-electron chi connectivity index (χ4n) is 1.30. The molecule has 1 N–H and O–H groups in total. The lowest BCUT2D eigenvalue weighted by atomic mass is 10.3. The molecule has 0 saturated heterocycles. The zero-order valence-corrected chi connectivity index (χ0v) is 9.36. The molecule has 15 heavy (non-hydrogen) atoms. The summed E-state index contributed by atoms with van der Waals surface area (Å²) in [6, 6.07) is 8.88. The average molecular weight is 206 g/mol. The second kappa shape index (κ2) is 6.19. The maximum atomic E-state index is 11.5. The van der Waals surface area contributed by atoms with Crippen LogP contribution in [-0.4, -0.2) is 32.1 Å². The van der Waals surface area contributed by atoms with E-state index >= 15 is 0 Å². The molecule has 0 aliphatic rings. The van der Waals surface area contributed by atoms with Crippen molar-refractivity contribution in [2.75, 3.05) is 32.5 Å². The van der Waals surface area contributed by atoms with Crippen LogP contribution in [0.4, 0.5) is 5.69 Å². The van der Waals surface area contributed by atoms with Crippen molar-refractivity contribution in [3.8, 4) is 0 Å². The highest BCUT2D eigenvalue weighted by Gasteiger charge is 1.95. The lowest BCUT2D eigenvalue weighted by Gasteiger charge is -2.09. The van der Waals surface area contributed by atoms with Crippen LogP contribution in [0.2, 0.25) is 0 Å². The van der Waals surface area contributed by atoms with E-state index in [2.05, 4.69) is 10.2 Å². The Bertz CT molecular complexity index is 350. The molecule has 0 amide bonds. The molecular weight excluding hydrogens is 188 g/mol. The first-order valence-electron chi connectivity index (χ1n) is 5.18. The molecule has 0 saturated carbocycles. The van der Waals surface area contributed by atoms with Crippen molar-refractivity contribution in [3.63, 3.8) is 0 Å². The number of nitrogens with one attached hydrogen (secondary N) is 1. The van der Waals surface area contributed by atoms with E-state index in [0.717, 1.165) is 19.5 Å². The van der Waals surface area contributed by atoms with Gasteiger partial charge in [0.1, 0.15) is 0 Å². The first-order chi connectivity index (χ1) is 7.20. The van der Waals surface area contributed by atoms with Gasteiger partial charge in [-0.1, -0.05) is 18.2 Å². The van der Waals surface area contributed by atoms with E-state index in [0.29, 0.717) is 5.69 Å². The smallest absolute Gasteiger partial charge is 0.201 e. The molecule has 0 bridgehead atoms. The second-order valence-electron chi connectivity index (χ2n) is 3.77. The van der Waals surface area contributed by atoms with Crippen molar-refractivity contribution >= 4 is 5.69 Å². The number of nitrogens with zero attached hydrogens (tertiary/aromatic N) is 1. The van der Waals surface area contributed by atoms with Crippen LogP contribution in [0.3, 0.4) is 0 Å². The Hall–Kier alpha value is -1.35. The predicted octanol–water partition coefficient (Wildman–Crippen LogP) is 1.41. The molecule has 1 aromatic rings. The molecule has 1 rings (SSSR count). The Kier molecular flexibility index (Phi) is 4.84.